The monoisotopic (exact) mass is 405 g/mol. The number of carbonyl (C=O) groups excluding carboxylic acids is 1. The van der Waals surface area contributed by atoms with Crippen molar-refractivity contribution >= 4 is 11.7 Å². The fourth-order valence-corrected chi connectivity index (χ4v) is 3.56. The molecule has 3 rings (SSSR count). The van der Waals surface area contributed by atoms with Crippen molar-refractivity contribution in [2.45, 2.75) is 25.6 Å². The van der Waals surface area contributed by atoms with Gasteiger partial charge in [-0.2, -0.15) is 8.78 Å². The average molecular weight is 405 g/mol. The van der Waals surface area contributed by atoms with Gasteiger partial charge in [-0.1, -0.05) is 42.5 Å². The van der Waals surface area contributed by atoms with Crippen molar-refractivity contribution in [1.82, 2.24) is 10.2 Å². The molecule has 0 aromatic heterocycles. The lowest BCUT2D eigenvalue weighted by atomic mass is 9.92. The highest BCUT2D eigenvalue weighted by Crippen LogP contribution is 2.26. The van der Waals surface area contributed by atoms with Crippen molar-refractivity contribution in [1.29, 1.82) is 0 Å². The second kappa shape index (κ2) is 10.2. The van der Waals surface area contributed by atoms with Crippen LogP contribution in [-0.4, -0.2) is 48.4 Å². The quantitative estimate of drug-likeness (QED) is 0.661. The van der Waals surface area contributed by atoms with Gasteiger partial charge in [-0.15, -0.1) is 0 Å². The van der Waals surface area contributed by atoms with Gasteiger partial charge in [-0.05, 0) is 24.1 Å². The summed E-state index contributed by atoms with van der Waals surface area (Å²) in [5.41, 5.74) is 1.36. The summed E-state index contributed by atoms with van der Waals surface area (Å²) >= 11 is 0. The van der Waals surface area contributed by atoms with Crippen LogP contribution in [0.15, 0.2) is 54.6 Å². The van der Waals surface area contributed by atoms with Gasteiger partial charge >= 0.3 is 12.6 Å². The summed E-state index contributed by atoms with van der Waals surface area (Å²) in [7, 11) is 0. The molecule has 1 aliphatic rings. The number of para-hydroxylation sites is 2. The Morgan fingerprint density at radius 1 is 1.17 bits per heavy atom. The second-order valence-electron chi connectivity index (χ2n) is 7.03. The maximum absolute atomic E-state index is 12.5. The van der Waals surface area contributed by atoms with Gasteiger partial charge in [0.15, 0.2) is 0 Å². The molecule has 0 saturated carbocycles. The summed E-state index contributed by atoms with van der Waals surface area (Å²) in [4.78, 5) is 14.6. The topological polar surface area (TPSA) is 73.8 Å². The number of hydrogen-bond acceptors (Lipinski definition) is 4. The maximum atomic E-state index is 12.5. The van der Waals surface area contributed by atoms with Crippen LogP contribution in [0.25, 0.3) is 0 Å². The molecule has 8 heteroatoms. The number of rotatable bonds is 7. The summed E-state index contributed by atoms with van der Waals surface area (Å²) < 4.78 is 29.5. The summed E-state index contributed by atoms with van der Waals surface area (Å²) in [5.74, 6) is -0.222. The van der Waals surface area contributed by atoms with Gasteiger partial charge in [0.1, 0.15) is 5.75 Å². The van der Waals surface area contributed by atoms with Crippen LogP contribution >= 0.6 is 0 Å². The Kier molecular flexibility index (Phi) is 7.37. The maximum Gasteiger partial charge on any atom is 0.387 e. The minimum Gasteiger partial charge on any atom is -0.433 e. The van der Waals surface area contributed by atoms with Crippen LogP contribution in [0.1, 0.15) is 12.0 Å². The Balaban J connectivity index is 1.55. The number of benzene rings is 2. The number of aliphatic hydroxyl groups excluding tert-OH is 1. The van der Waals surface area contributed by atoms with E-state index in [2.05, 4.69) is 32.4 Å². The van der Waals surface area contributed by atoms with E-state index in [1.54, 1.807) is 12.1 Å². The molecule has 1 heterocycles. The molecule has 0 spiro atoms. The largest absolute Gasteiger partial charge is 0.433 e. The molecule has 0 radical (unpaired) electrons. The van der Waals surface area contributed by atoms with E-state index in [0.29, 0.717) is 13.0 Å². The van der Waals surface area contributed by atoms with Gasteiger partial charge in [0, 0.05) is 38.2 Å². The van der Waals surface area contributed by atoms with Crippen LogP contribution in [0, 0.1) is 5.92 Å². The fraction of sp³-hybridized carbons (Fsp3) is 0.381. The molecule has 2 aromatic rings. The third-order valence-corrected chi connectivity index (χ3v) is 4.97. The van der Waals surface area contributed by atoms with E-state index in [9.17, 15) is 18.7 Å². The highest BCUT2D eigenvalue weighted by Gasteiger charge is 2.30. The van der Waals surface area contributed by atoms with Gasteiger partial charge in [-0.3, -0.25) is 4.90 Å². The van der Waals surface area contributed by atoms with Gasteiger partial charge in [0.2, 0.25) is 0 Å². The predicted octanol–water partition coefficient (Wildman–Crippen LogP) is 3.29. The van der Waals surface area contributed by atoms with E-state index in [4.69, 9.17) is 0 Å². The first-order valence-corrected chi connectivity index (χ1v) is 9.53. The van der Waals surface area contributed by atoms with Crippen LogP contribution in [0.4, 0.5) is 19.3 Å². The fourth-order valence-electron chi connectivity index (χ4n) is 3.56. The lowest BCUT2D eigenvalue weighted by molar-refractivity contribution is -0.0493. The molecule has 1 fully saturated rings. The Bertz CT molecular complexity index is 792. The molecular formula is C21H25F2N3O3. The van der Waals surface area contributed by atoms with Crippen LogP contribution in [0.3, 0.4) is 0 Å². The normalized spacial score (nSPS) is 19.7. The number of amides is 2. The number of carbonyl (C=O) groups is 1. The average Bonchev–Trinajstić information content (AvgIpc) is 2.71. The molecule has 1 aliphatic heterocycles. The van der Waals surface area contributed by atoms with Crippen molar-refractivity contribution in [3.63, 3.8) is 0 Å². The summed E-state index contributed by atoms with van der Waals surface area (Å²) in [6.45, 7) is -0.813. The molecule has 2 atom stereocenters. The zero-order valence-corrected chi connectivity index (χ0v) is 15.9. The number of aliphatic hydroxyl groups is 1. The van der Waals surface area contributed by atoms with Gasteiger partial charge in [0.05, 0.1) is 5.69 Å². The molecule has 3 N–H and O–H groups in total. The zero-order valence-electron chi connectivity index (χ0n) is 15.9. The van der Waals surface area contributed by atoms with Crippen LogP contribution in [0.2, 0.25) is 0 Å². The second-order valence-corrected chi connectivity index (χ2v) is 7.03. The van der Waals surface area contributed by atoms with Crippen molar-refractivity contribution in [2.75, 3.05) is 25.0 Å². The van der Waals surface area contributed by atoms with E-state index < -0.39 is 12.6 Å². The first-order valence-electron chi connectivity index (χ1n) is 9.53. The zero-order chi connectivity index (χ0) is 20.6. The highest BCUT2D eigenvalue weighted by atomic mass is 19.3. The Morgan fingerprint density at radius 3 is 2.62 bits per heavy atom. The standard InChI is InChI=1S/C21H25F2N3O3/c22-20(23)29-19-9-5-4-8-18(19)25-21(28)24-17-10-11-26(13-16(17)14-27)12-15-6-2-1-3-7-15/h1-9,16-17,20,27H,10-14H2,(H2,24,25,28)/t16-,17-/m0/s1. The minimum atomic E-state index is -2.98. The summed E-state index contributed by atoms with van der Waals surface area (Å²) in [6.07, 6.45) is 0.681. The third kappa shape index (κ3) is 6.13. The Labute approximate surface area is 168 Å². The molecule has 0 aliphatic carbocycles. The van der Waals surface area contributed by atoms with Crippen LogP contribution in [-0.2, 0) is 6.54 Å². The molecule has 156 valence electrons. The van der Waals surface area contributed by atoms with Crippen molar-refractivity contribution < 1.29 is 23.4 Å². The van der Waals surface area contributed by atoms with Crippen LogP contribution in [0.5, 0.6) is 5.75 Å². The summed E-state index contributed by atoms with van der Waals surface area (Å²) in [6, 6.07) is 15.4. The number of hydrogen-bond donors (Lipinski definition) is 3. The number of nitrogens with zero attached hydrogens (tertiary/aromatic N) is 1. The first-order chi connectivity index (χ1) is 14.0. The van der Waals surface area contributed by atoms with E-state index in [1.165, 1.54) is 17.7 Å². The van der Waals surface area contributed by atoms with Crippen molar-refractivity contribution in [3.8, 4) is 5.75 Å². The van der Waals surface area contributed by atoms with Crippen molar-refractivity contribution in [2.24, 2.45) is 5.92 Å². The van der Waals surface area contributed by atoms with Crippen molar-refractivity contribution in [3.05, 3.63) is 60.2 Å². The number of likely N-dealkylation sites (tertiary alicyclic amines) is 1. The van der Waals surface area contributed by atoms with E-state index in [-0.39, 0.29) is 30.0 Å². The Hall–Kier alpha value is -2.71. The lowest BCUT2D eigenvalue weighted by Crippen LogP contribution is -2.52. The first kappa shape index (κ1) is 21.0. The van der Waals surface area contributed by atoms with Gasteiger partial charge in [-0.25, -0.2) is 4.79 Å². The number of ether oxygens (including phenoxy) is 1. The SMILES string of the molecule is O=C(Nc1ccccc1OC(F)F)N[C@H]1CCN(Cc2ccccc2)C[C@H]1CO. The number of alkyl halides is 2. The van der Waals surface area contributed by atoms with E-state index in [0.717, 1.165) is 13.1 Å². The third-order valence-electron chi connectivity index (χ3n) is 4.97. The molecule has 2 aromatic carbocycles. The van der Waals surface area contributed by atoms with Gasteiger partial charge < -0.3 is 20.5 Å². The number of urea groups is 1. The predicted molar refractivity (Wildman–Crippen MR) is 106 cm³/mol. The van der Waals surface area contributed by atoms with Gasteiger partial charge in [0.25, 0.3) is 0 Å². The molecule has 0 bridgehead atoms. The molecule has 29 heavy (non-hydrogen) atoms. The molecule has 1 saturated heterocycles. The number of halogens is 2. The lowest BCUT2D eigenvalue weighted by Gasteiger charge is -2.38. The molecular weight excluding hydrogens is 380 g/mol. The minimum absolute atomic E-state index is 0.0542. The molecule has 6 nitrogen and oxygen atoms in total. The van der Waals surface area contributed by atoms with E-state index in [1.807, 2.05) is 18.2 Å². The number of nitrogens with one attached hydrogen (secondary N) is 2. The van der Waals surface area contributed by atoms with E-state index >= 15 is 0 Å². The highest BCUT2D eigenvalue weighted by molar-refractivity contribution is 5.91. The molecule has 0 unspecified atom stereocenters. The van der Waals surface area contributed by atoms with Crippen LogP contribution < -0.4 is 15.4 Å². The molecule has 2 amide bonds. The number of anilines is 1. The number of piperidine rings is 1. The summed E-state index contributed by atoms with van der Waals surface area (Å²) in [5, 5.41) is 15.2. The smallest absolute Gasteiger partial charge is 0.387 e. The Morgan fingerprint density at radius 2 is 1.90 bits per heavy atom.